The van der Waals surface area contributed by atoms with Crippen molar-refractivity contribution in [3.8, 4) is 27.9 Å². The maximum Gasteiger partial charge on any atom is 0.224 e. The molecule has 10 heteroatoms. The first kappa shape index (κ1) is 26.6. The lowest BCUT2D eigenvalue weighted by Crippen LogP contribution is -2.33. The molecule has 3 aromatic carbocycles. The summed E-state index contributed by atoms with van der Waals surface area (Å²) < 4.78 is 30.8. The molecule has 0 radical (unpaired) electrons. The average Bonchev–Trinajstić information content (AvgIpc) is 3.40. The summed E-state index contributed by atoms with van der Waals surface area (Å²) in [5.74, 6) is -1.31. The van der Waals surface area contributed by atoms with Crippen molar-refractivity contribution in [1.29, 1.82) is 0 Å². The third-order valence-corrected chi connectivity index (χ3v) is 7.46. The second-order valence-corrected chi connectivity index (χ2v) is 10.4. The minimum absolute atomic E-state index is 0.144. The molecule has 0 fully saturated rings. The van der Waals surface area contributed by atoms with Crippen LogP contribution in [0.2, 0.25) is 5.15 Å². The molecule has 6 rings (SSSR count). The number of pyridine rings is 1. The largest absolute Gasteiger partial charge is 0.618 e. The van der Waals surface area contributed by atoms with Crippen LogP contribution in [0.1, 0.15) is 42.9 Å². The van der Waals surface area contributed by atoms with Gasteiger partial charge in [-0.3, -0.25) is 4.79 Å². The Morgan fingerprint density at radius 2 is 1.76 bits per heavy atom. The van der Waals surface area contributed by atoms with Crippen molar-refractivity contribution in [2.45, 2.75) is 31.6 Å². The summed E-state index contributed by atoms with van der Waals surface area (Å²) in [7, 11) is 0. The van der Waals surface area contributed by atoms with Crippen molar-refractivity contribution in [3.05, 3.63) is 118 Å². The number of halogens is 3. The number of carbonyl (C=O) groups is 1. The number of anilines is 1. The molecule has 0 unspecified atom stereocenters. The lowest BCUT2D eigenvalue weighted by molar-refractivity contribution is -0.614. The number of carbonyl (C=O) groups excluding carboxylic acids is 1. The van der Waals surface area contributed by atoms with E-state index in [9.17, 15) is 18.8 Å². The summed E-state index contributed by atoms with van der Waals surface area (Å²) >= 11 is 5.95. The molecule has 2 aromatic heterocycles. The average molecular weight is 572 g/mol. The summed E-state index contributed by atoms with van der Waals surface area (Å²) in [5.41, 5.74) is 4.69. The van der Waals surface area contributed by atoms with E-state index in [1.807, 2.05) is 24.3 Å². The highest BCUT2D eigenvalue weighted by molar-refractivity contribution is 6.29. The van der Waals surface area contributed by atoms with E-state index < -0.39 is 11.6 Å². The predicted molar refractivity (Wildman–Crippen MR) is 151 cm³/mol. The van der Waals surface area contributed by atoms with Gasteiger partial charge in [0, 0.05) is 34.9 Å². The van der Waals surface area contributed by atoms with E-state index in [4.69, 9.17) is 11.6 Å². The topological polar surface area (TPSA) is 86.8 Å². The lowest BCUT2D eigenvalue weighted by Gasteiger charge is -2.20. The zero-order valence-electron chi connectivity index (χ0n) is 21.7. The molecule has 5 aromatic rings. The summed E-state index contributed by atoms with van der Waals surface area (Å²) in [4.78, 5) is 12.6. The maximum absolute atomic E-state index is 14.3. The molecule has 1 aliphatic rings. The number of nitrogens with zero attached hydrogens (tertiary/aromatic N) is 4. The number of hydrogen-bond acceptors (Lipinski definition) is 4. The monoisotopic (exact) mass is 571 g/mol. The van der Waals surface area contributed by atoms with Gasteiger partial charge >= 0.3 is 0 Å². The highest BCUT2D eigenvalue weighted by Crippen LogP contribution is 2.36. The van der Waals surface area contributed by atoms with Gasteiger partial charge in [-0.1, -0.05) is 47.5 Å². The Bertz CT molecular complexity index is 1770. The van der Waals surface area contributed by atoms with E-state index in [0.29, 0.717) is 59.4 Å². The van der Waals surface area contributed by atoms with Crippen LogP contribution < -0.4 is 10.0 Å². The van der Waals surface area contributed by atoms with E-state index >= 15 is 0 Å². The molecule has 0 saturated carbocycles. The Morgan fingerprint density at radius 3 is 2.54 bits per heavy atom. The number of rotatable bonds is 3. The maximum atomic E-state index is 14.3. The van der Waals surface area contributed by atoms with Crippen LogP contribution in [0.15, 0.2) is 85.2 Å². The molecule has 2 bridgehead atoms. The standard InChI is InChI=1S/C31H24ClF2N5O2/c32-30-18-38(37-36-30)28-13-10-23(34)16-26(28)21-8-12-29(39(41)17-21)24-6-1-2-7-31(40)35-27-11-9-22(33)15-25(27)20-5-3-4-19(24)14-20/h3-5,8-18,24H,1-2,6-7H2,(H,35,40)/t24-/m0/s1. The van der Waals surface area contributed by atoms with Gasteiger partial charge in [0.15, 0.2) is 17.0 Å². The highest BCUT2D eigenvalue weighted by Gasteiger charge is 2.25. The van der Waals surface area contributed by atoms with Gasteiger partial charge in [-0.25, -0.2) is 13.5 Å². The summed E-state index contributed by atoms with van der Waals surface area (Å²) in [6, 6.07) is 19.6. The number of nitrogens with one attached hydrogen (secondary N) is 1. The molecule has 0 saturated heterocycles. The molecular formula is C31H24ClF2N5O2. The van der Waals surface area contributed by atoms with Crippen LogP contribution in [0.3, 0.4) is 0 Å². The van der Waals surface area contributed by atoms with Crippen molar-refractivity contribution in [2.75, 3.05) is 5.32 Å². The molecule has 1 N–H and O–H groups in total. The van der Waals surface area contributed by atoms with Crippen molar-refractivity contribution in [1.82, 2.24) is 15.0 Å². The number of aromatic nitrogens is 4. The smallest absolute Gasteiger partial charge is 0.224 e. The predicted octanol–water partition coefficient (Wildman–Crippen LogP) is 6.81. The SMILES string of the molecule is O=C1CCCC[C@H](c2ccc(-c3cc(F)ccc3-n3cc(Cl)nn3)c[n+]2[O-])c2cccc(c2)-c2cc(F)ccc2N1. The van der Waals surface area contributed by atoms with Crippen LogP contribution in [0, 0.1) is 16.8 Å². The van der Waals surface area contributed by atoms with E-state index in [1.165, 1.54) is 41.3 Å². The Balaban J connectivity index is 1.43. The van der Waals surface area contributed by atoms with Crippen LogP contribution in [-0.4, -0.2) is 20.9 Å². The second kappa shape index (κ2) is 11.1. The normalized spacial score (nSPS) is 15.4. The van der Waals surface area contributed by atoms with Crippen LogP contribution >= 0.6 is 11.6 Å². The fourth-order valence-electron chi connectivity index (χ4n) is 5.34. The zero-order valence-corrected chi connectivity index (χ0v) is 22.5. The van der Waals surface area contributed by atoms with Gasteiger partial charge in [0.25, 0.3) is 0 Å². The van der Waals surface area contributed by atoms with Crippen molar-refractivity contribution in [2.24, 2.45) is 0 Å². The highest BCUT2D eigenvalue weighted by atomic mass is 35.5. The Hall–Kier alpha value is -4.63. The quantitative estimate of drug-likeness (QED) is 0.190. The van der Waals surface area contributed by atoms with Crippen LogP contribution in [0.25, 0.3) is 27.9 Å². The third kappa shape index (κ3) is 5.53. The third-order valence-electron chi connectivity index (χ3n) is 7.29. The Kier molecular flexibility index (Phi) is 7.19. The van der Waals surface area contributed by atoms with Gasteiger partial charge < -0.3 is 10.5 Å². The first-order valence-corrected chi connectivity index (χ1v) is 13.5. The zero-order chi connectivity index (χ0) is 28.5. The van der Waals surface area contributed by atoms with Gasteiger partial charge in [0.05, 0.1) is 17.8 Å². The van der Waals surface area contributed by atoms with Crippen molar-refractivity contribution < 1.29 is 18.3 Å². The van der Waals surface area contributed by atoms with Crippen LogP contribution in [0.5, 0.6) is 0 Å². The molecule has 1 aliphatic heterocycles. The number of benzene rings is 3. The van der Waals surface area contributed by atoms with Gasteiger partial charge in [-0.15, -0.1) is 5.10 Å². The van der Waals surface area contributed by atoms with E-state index in [0.717, 1.165) is 15.9 Å². The number of amides is 1. The van der Waals surface area contributed by atoms with Crippen molar-refractivity contribution >= 4 is 23.2 Å². The Labute approximate surface area is 239 Å². The molecule has 41 heavy (non-hydrogen) atoms. The van der Waals surface area contributed by atoms with E-state index in [-0.39, 0.29) is 17.0 Å². The van der Waals surface area contributed by atoms with E-state index in [1.54, 1.807) is 24.3 Å². The lowest BCUT2D eigenvalue weighted by atomic mass is 9.87. The van der Waals surface area contributed by atoms with Crippen molar-refractivity contribution in [3.63, 3.8) is 0 Å². The Morgan fingerprint density at radius 1 is 0.951 bits per heavy atom. The summed E-state index contributed by atoms with van der Waals surface area (Å²) in [6.45, 7) is 0. The molecular weight excluding hydrogens is 548 g/mol. The van der Waals surface area contributed by atoms with Gasteiger partial charge in [0.2, 0.25) is 5.91 Å². The number of hydrogen-bond donors (Lipinski definition) is 1. The van der Waals surface area contributed by atoms with Gasteiger partial charge in [-0.2, -0.15) is 4.73 Å². The second-order valence-electron chi connectivity index (χ2n) is 9.98. The molecule has 1 amide bonds. The fourth-order valence-corrected chi connectivity index (χ4v) is 5.47. The number of fused-ring (bicyclic) bond motifs is 4. The molecule has 1 atom stereocenters. The minimum Gasteiger partial charge on any atom is -0.618 e. The molecule has 3 heterocycles. The first-order chi connectivity index (χ1) is 19.9. The molecule has 0 spiro atoms. The fraction of sp³-hybridized carbons (Fsp3) is 0.161. The summed E-state index contributed by atoms with van der Waals surface area (Å²) in [6.07, 6.45) is 5.19. The molecule has 206 valence electrons. The first-order valence-electron chi connectivity index (χ1n) is 13.2. The van der Waals surface area contributed by atoms with Crippen LogP contribution in [0.4, 0.5) is 14.5 Å². The molecule has 7 nitrogen and oxygen atoms in total. The van der Waals surface area contributed by atoms with Gasteiger partial charge in [-0.05, 0) is 66.4 Å². The van der Waals surface area contributed by atoms with Crippen LogP contribution in [-0.2, 0) is 4.79 Å². The minimum atomic E-state index is -0.464. The van der Waals surface area contributed by atoms with E-state index in [2.05, 4.69) is 15.6 Å². The summed E-state index contributed by atoms with van der Waals surface area (Å²) in [5, 5.41) is 24.4. The van der Waals surface area contributed by atoms with Gasteiger partial charge in [0.1, 0.15) is 11.6 Å². The molecule has 0 aliphatic carbocycles.